The zero-order chi connectivity index (χ0) is 12.6. The summed E-state index contributed by atoms with van der Waals surface area (Å²) in [6.45, 7) is 0. The van der Waals surface area contributed by atoms with E-state index >= 15 is 0 Å². The molecular weight excluding hydrogens is 220 g/mol. The quantitative estimate of drug-likeness (QED) is 0.506. The highest BCUT2D eigenvalue weighted by Gasteiger charge is 2.34. The van der Waals surface area contributed by atoms with Gasteiger partial charge in [-0.1, -0.05) is 5.53 Å². The minimum atomic E-state index is -0.158. The molecule has 2 heterocycles. The molecule has 0 bridgehead atoms. The number of nitrogens with one attached hydrogen (secondary N) is 2. The van der Waals surface area contributed by atoms with Gasteiger partial charge in [-0.05, 0) is 40.3 Å². The van der Waals surface area contributed by atoms with Crippen molar-refractivity contribution in [2.75, 3.05) is 33.2 Å². The number of nitrogens with zero attached hydrogens (tertiary/aromatic N) is 4. The average Bonchev–Trinajstić information content (AvgIpc) is 2.56. The van der Waals surface area contributed by atoms with Crippen LogP contribution in [0.15, 0.2) is 18.3 Å². The smallest absolute Gasteiger partial charge is 0.272 e. The molecule has 0 aromatic carbocycles. The second kappa shape index (κ2) is 4.55. The highest BCUT2D eigenvalue weighted by Crippen LogP contribution is 2.24. The molecule has 1 aromatic rings. The van der Waals surface area contributed by atoms with Gasteiger partial charge in [-0.3, -0.25) is 9.80 Å². The first-order chi connectivity index (χ1) is 8.02. The summed E-state index contributed by atoms with van der Waals surface area (Å²) in [5.41, 5.74) is 3.64. The van der Waals surface area contributed by atoms with Crippen molar-refractivity contribution in [1.82, 2.24) is 20.3 Å². The molecule has 0 amide bonds. The van der Waals surface area contributed by atoms with Crippen LogP contribution in [0, 0.1) is 5.21 Å². The van der Waals surface area contributed by atoms with Gasteiger partial charge in [0, 0.05) is 6.20 Å². The molecule has 7 nitrogen and oxygen atoms in total. The summed E-state index contributed by atoms with van der Waals surface area (Å²) in [6.07, 6.45) is 1.58. The van der Waals surface area contributed by atoms with Gasteiger partial charge in [0.25, 0.3) is 5.82 Å². The van der Waals surface area contributed by atoms with Crippen LogP contribution >= 0.6 is 0 Å². The predicted octanol–water partition coefficient (Wildman–Crippen LogP) is -1.26. The molecule has 94 valence electrons. The Kier molecular flexibility index (Phi) is 3.27. The highest BCUT2D eigenvalue weighted by atomic mass is 16.6. The van der Waals surface area contributed by atoms with E-state index in [-0.39, 0.29) is 11.5 Å². The van der Waals surface area contributed by atoms with E-state index in [0.717, 1.165) is 5.69 Å². The summed E-state index contributed by atoms with van der Waals surface area (Å²) in [7, 11) is 7.85. The van der Waals surface area contributed by atoms with Crippen molar-refractivity contribution >= 4 is 11.5 Å². The van der Waals surface area contributed by atoms with Crippen LogP contribution in [0.4, 0.5) is 11.5 Å². The van der Waals surface area contributed by atoms with Crippen molar-refractivity contribution in [2.24, 2.45) is 0 Å². The van der Waals surface area contributed by atoms with Gasteiger partial charge in [0.1, 0.15) is 5.69 Å². The van der Waals surface area contributed by atoms with Crippen LogP contribution in [0.25, 0.3) is 0 Å². The SMILES string of the molecule is CN(C)C(N(C)C)N1N[NH+]([O-])c2ncccc21. The number of aromatic nitrogens is 1. The van der Waals surface area contributed by atoms with E-state index in [1.165, 1.54) is 0 Å². The van der Waals surface area contributed by atoms with E-state index in [9.17, 15) is 5.21 Å². The molecule has 17 heavy (non-hydrogen) atoms. The topological polar surface area (TPSA) is 62.1 Å². The molecule has 0 saturated carbocycles. The lowest BCUT2D eigenvalue weighted by Crippen LogP contribution is -3.09. The Morgan fingerprint density at radius 1 is 1.35 bits per heavy atom. The van der Waals surface area contributed by atoms with Gasteiger partial charge in [0.15, 0.2) is 6.29 Å². The lowest BCUT2D eigenvalue weighted by atomic mass is 10.3. The maximum atomic E-state index is 11.8. The van der Waals surface area contributed by atoms with Crippen molar-refractivity contribution in [3.8, 4) is 0 Å². The Morgan fingerprint density at radius 2 is 2.00 bits per heavy atom. The standard InChI is InChI=1S/C10H18N6O/c1-13(2)10(14(3)4)15-8-6-5-7-11-9(8)16(17)12-15/h5-7,10,12,16H,1-4H3. The summed E-state index contributed by atoms with van der Waals surface area (Å²) in [6, 6.07) is 3.72. The zero-order valence-corrected chi connectivity index (χ0v) is 10.5. The van der Waals surface area contributed by atoms with Crippen LogP contribution in [0.1, 0.15) is 0 Å². The molecule has 2 rings (SSSR count). The number of hydrogen-bond acceptors (Lipinski definition) is 6. The van der Waals surface area contributed by atoms with Crippen molar-refractivity contribution in [1.29, 1.82) is 0 Å². The minimum absolute atomic E-state index is 0.0515. The molecule has 0 spiro atoms. The van der Waals surface area contributed by atoms with Crippen molar-refractivity contribution in [2.45, 2.75) is 6.29 Å². The van der Waals surface area contributed by atoms with Crippen molar-refractivity contribution in [3.05, 3.63) is 23.5 Å². The van der Waals surface area contributed by atoms with E-state index in [4.69, 9.17) is 0 Å². The Hall–Kier alpha value is -1.25. The summed E-state index contributed by atoms with van der Waals surface area (Å²) in [4.78, 5) is 8.13. The minimum Gasteiger partial charge on any atom is -0.605 e. The van der Waals surface area contributed by atoms with Gasteiger partial charge in [0.05, 0.1) is 0 Å². The van der Waals surface area contributed by atoms with Crippen molar-refractivity contribution in [3.63, 3.8) is 0 Å². The predicted molar refractivity (Wildman–Crippen MR) is 65.0 cm³/mol. The zero-order valence-electron chi connectivity index (χ0n) is 10.5. The summed E-state index contributed by atoms with van der Waals surface area (Å²) >= 11 is 0. The van der Waals surface area contributed by atoms with Gasteiger partial charge in [0.2, 0.25) is 0 Å². The summed E-state index contributed by atoms with van der Waals surface area (Å²) in [5, 5.41) is 13.4. The largest absolute Gasteiger partial charge is 0.605 e. The first-order valence-corrected chi connectivity index (χ1v) is 5.40. The molecule has 1 aliphatic rings. The second-order valence-electron chi connectivity index (χ2n) is 4.46. The highest BCUT2D eigenvalue weighted by molar-refractivity contribution is 5.60. The molecule has 1 atom stereocenters. The van der Waals surface area contributed by atoms with Crippen LogP contribution in [0.5, 0.6) is 0 Å². The van der Waals surface area contributed by atoms with Crippen molar-refractivity contribution < 1.29 is 5.17 Å². The molecule has 1 aromatic heterocycles. The molecule has 0 fully saturated rings. The number of pyridine rings is 1. The maximum absolute atomic E-state index is 11.8. The van der Waals surface area contributed by atoms with Gasteiger partial charge in [-0.25, -0.2) is 15.2 Å². The molecule has 2 N–H and O–H groups in total. The van der Waals surface area contributed by atoms with E-state index in [0.29, 0.717) is 5.82 Å². The second-order valence-corrected chi connectivity index (χ2v) is 4.46. The Balaban J connectivity index is 2.35. The fourth-order valence-corrected chi connectivity index (χ4v) is 2.09. The molecule has 0 radical (unpaired) electrons. The number of hydrogen-bond donors (Lipinski definition) is 2. The molecule has 1 unspecified atom stereocenters. The van der Waals surface area contributed by atoms with Crippen LogP contribution in [0.3, 0.4) is 0 Å². The van der Waals surface area contributed by atoms with Gasteiger partial charge < -0.3 is 5.21 Å². The Morgan fingerprint density at radius 3 is 2.59 bits per heavy atom. The first kappa shape index (κ1) is 12.2. The third kappa shape index (κ3) is 2.11. The molecule has 0 aliphatic carbocycles. The van der Waals surface area contributed by atoms with Gasteiger partial charge in [-0.2, -0.15) is 0 Å². The van der Waals surface area contributed by atoms with Gasteiger partial charge in [-0.15, -0.1) is 0 Å². The van der Waals surface area contributed by atoms with Crippen LogP contribution in [-0.2, 0) is 0 Å². The van der Waals surface area contributed by atoms with Gasteiger partial charge >= 0.3 is 0 Å². The van der Waals surface area contributed by atoms with Crippen LogP contribution < -0.4 is 15.7 Å². The number of anilines is 1. The first-order valence-electron chi connectivity index (χ1n) is 5.40. The fraction of sp³-hybridized carbons (Fsp3) is 0.500. The summed E-state index contributed by atoms with van der Waals surface area (Å²) in [5.74, 6) is 0.473. The molecule has 0 saturated heterocycles. The van der Waals surface area contributed by atoms with E-state index in [1.807, 2.05) is 55.1 Å². The van der Waals surface area contributed by atoms with E-state index in [1.54, 1.807) is 6.20 Å². The molecule has 7 heteroatoms. The third-order valence-corrected chi connectivity index (χ3v) is 2.64. The number of quaternary nitrogens is 1. The summed E-state index contributed by atoms with van der Waals surface area (Å²) < 4.78 is 0. The van der Waals surface area contributed by atoms with Crippen LogP contribution in [0.2, 0.25) is 0 Å². The number of rotatable bonds is 3. The normalized spacial score (nSPS) is 19.5. The lowest BCUT2D eigenvalue weighted by Gasteiger charge is -2.37. The third-order valence-electron chi connectivity index (χ3n) is 2.64. The fourth-order valence-electron chi connectivity index (χ4n) is 2.09. The maximum Gasteiger partial charge on any atom is 0.272 e. The molecule has 1 aliphatic heterocycles. The lowest BCUT2D eigenvalue weighted by molar-refractivity contribution is -0.825. The number of hydrazine groups is 1. The van der Waals surface area contributed by atoms with Crippen LogP contribution in [-0.4, -0.2) is 49.3 Å². The number of fused-ring (bicyclic) bond motifs is 1. The van der Waals surface area contributed by atoms with E-state index in [2.05, 4.69) is 10.5 Å². The Labute approximate surface area is 101 Å². The van der Waals surface area contributed by atoms with E-state index < -0.39 is 0 Å². The Bertz CT molecular complexity index is 388. The molecular formula is C10H18N6O. The monoisotopic (exact) mass is 238 g/mol. The average molecular weight is 238 g/mol.